The average Bonchev–Trinajstić information content (AvgIpc) is 2.91. The zero-order chi connectivity index (χ0) is 14.8. The van der Waals surface area contributed by atoms with Crippen LogP contribution < -0.4 is 0 Å². The average molecular weight is 326 g/mol. The van der Waals surface area contributed by atoms with Gasteiger partial charge in [-0.05, 0) is 33.2 Å². The van der Waals surface area contributed by atoms with Crippen molar-refractivity contribution in [3.8, 4) is 0 Å². The van der Waals surface area contributed by atoms with Gasteiger partial charge >= 0.3 is 5.97 Å². The van der Waals surface area contributed by atoms with Crippen molar-refractivity contribution in [2.75, 3.05) is 31.7 Å². The molecule has 2 aliphatic rings. The molecule has 0 bridgehead atoms. The highest BCUT2D eigenvalue weighted by atomic mass is 32.2. The maximum atomic E-state index is 12.1. The Morgan fingerprint density at radius 2 is 2.38 bits per heavy atom. The standard InChI is InChI=1S/C15H22N2O2S2/c1-3-19-15(18)10-5-4-6-12-13(10)16-14(21-12)11-9-20-8-7-17(11)2/h10-11H,3-9H2,1-2H3. The molecule has 1 aromatic rings. The molecule has 2 unspecified atom stereocenters. The van der Waals surface area contributed by atoms with E-state index in [0.717, 1.165) is 37.3 Å². The number of rotatable bonds is 3. The molecule has 0 amide bonds. The van der Waals surface area contributed by atoms with E-state index < -0.39 is 0 Å². The summed E-state index contributed by atoms with van der Waals surface area (Å²) in [6.45, 7) is 3.42. The summed E-state index contributed by atoms with van der Waals surface area (Å²) in [7, 11) is 2.17. The number of thioether (sulfide) groups is 1. The molecule has 0 N–H and O–H groups in total. The number of carbonyl (C=O) groups excluding carboxylic acids is 1. The molecule has 1 aliphatic heterocycles. The molecule has 0 spiro atoms. The predicted octanol–water partition coefficient (Wildman–Crippen LogP) is 2.85. The van der Waals surface area contributed by atoms with Crippen molar-refractivity contribution in [2.45, 2.75) is 38.1 Å². The number of aryl methyl sites for hydroxylation is 1. The molecule has 116 valence electrons. The van der Waals surface area contributed by atoms with Crippen molar-refractivity contribution >= 4 is 29.1 Å². The van der Waals surface area contributed by atoms with Crippen LogP contribution >= 0.6 is 23.1 Å². The van der Waals surface area contributed by atoms with Crippen LogP contribution in [0.15, 0.2) is 0 Å². The first-order valence-corrected chi connectivity index (χ1v) is 9.62. The Morgan fingerprint density at radius 3 is 3.14 bits per heavy atom. The van der Waals surface area contributed by atoms with Gasteiger partial charge in [0.2, 0.25) is 0 Å². The number of fused-ring (bicyclic) bond motifs is 1. The summed E-state index contributed by atoms with van der Waals surface area (Å²) in [4.78, 5) is 20.7. The summed E-state index contributed by atoms with van der Waals surface area (Å²) in [5.74, 6) is 2.07. The molecule has 1 aliphatic carbocycles. The van der Waals surface area contributed by atoms with Crippen molar-refractivity contribution in [1.82, 2.24) is 9.88 Å². The Morgan fingerprint density at radius 1 is 1.52 bits per heavy atom. The second-order valence-electron chi connectivity index (χ2n) is 5.63. The molecule has 1 saturated heterocycles. The van der Waals surface area contributed by atoms with Gasteiger partial charge in [0, 0.05) is 22.9 Å². The second-order valence-corrected chi connectivity index (χ2v) is 7.89. The third kappa shape index (κ3) is 3.12. The summed E-state index contributed by atoms with van der Waals surface area (Å²) >= 11 is 3.81. The Kier molecular flexibility index (Phi) is 4.86. The molecule has 3 rings (SSSR count). The van der Waals surface area contributed by atoms with Crippen molar-refractivity contribution in [1.29, 1.82) is 0 Å². The lowest BCUT2D eigenvalue weighted by Crippen LogP contribution is -2.32. The fraction of sp³-hybridized carbons (Fsp3) is 0.733. The van der Waals surface area contributed by atoms with Gasteiger partial charge < -0.3 is 4.74 Å². The van der Waals surface area contributed by atoms with Gasteiger partial charge in [0.15, 0.2) is 0 Å². The van der Waals surface area contributed by atoms with Crippen LogP contribution in [0.4, 0.5) is 0 Å². The van der Waals surface area contributed by atoms with Crippen LogP contribution in [-0.2, 0) is 16.0 Å². The highest BCUT2D eigenvalue weighted by Crippen LogP contribution is 2.39. The topological polar surface area (TPSA) is 42.4 Å². The van der Waals surface area contributed by atoms with Crippen LogP contribution in [0, 0.1) is 0 Å². The first-order chi connectivity index (χ1) is 10.2. The summed E-state index contributed by atoms with van der Waals surface area (Å²) < 4.78 is 5.23. The number of hydrogen-bond donors (Lipinski definition) is 0. The van der Waals surface area contributed by atoms with Gasteiger partial charge in [-0.25, -0.2) is 4.98 Å². The van der Waals surface area contributed by atoms with E-state index in [9.17, 15) is 4.79 Å². The smallest absolute Gasteiger partial charge is 0.315 e. The molecule has 1 fully saturated rings. The maximum absolute atomic E-state index is 12.1. The normalized spacial score (nSPS) is 26.4. The Hall–Kier alpha value is -0.590. The third-order valence-electron chi connectivity index (χ3n) is 4.22. The summed E-state index contributed by atoms with van der Waals surface area (Å²) in [5, 5.41) is 1.19. The molecule has 2 heterocycles. The molecule has 2 atom stereocenters. The highest BCUT2D eigenvalue weighted by molar-refractivity contribution is 7.99. The summed E-state index contributed by atoms with van der Waals surface area (Å²) in [6.07, 6.45) is 3.00. The number of hydrogen-bond acceptors (Lipinski definition) is 6. The minimum atomic E-state index is -0.139. The van der Waals surface area contributed by atoms with E-state index in [1.54, 1.807) is 0 Å². The van der Waals surface area contributed by atoms with Gasteiger partial charge in [-0.15, -0.1) is 11.3 Å². The Labute approximate surface area is 134 Å². The van der Waals surface area contributed by atoms with Gasteiger partial charge in [-0.3, -0.25) is 9.69 Å². The van der Waals surface area contributed by atoms with Gasteiger partial charge in [0.05, 0.1) is 18.3 Å². The van der Waals surface area contributed by atoms with E-state index in [-0.39, 0.29) is 11.9 Å². The van der Waals surface area contributed by atoms with Crippen LogP contribution in [0.2, 0.25) is 0 Å². The van der Waals surface area contributed by atoms with Gasteiger partial charge in [-0.1, -0.05) is 0 Å². The highest BCUT2D eigenvalue weighted by Gasteiger charge is 2.33. The molecule has 0 aromatic carbocycles. The van der Waals surface area contributed by atoms with E-state index >= 15 is 0 Å². The van der Waals surface area contributed by atoms with E-state index in [0.29, 0.717) is 12.6 Å². The number of ether oxygens (including phenoxy) is 1. The van der Waals surface area contributed by atoms with Gasteiger partial charge in [0.1, 0.15) is 10.9 Å². The van der Waals surface area contributed by atoms with Crippen molar-refractivity contribution in [3.05, 3.63) is 15.6 Å². The first-order valence-electron chi connectivity index (χ1n) is 7.64. The van der Waals surface area contributed by atoms with E-state index in [4.69, 9.17) is 9.72 Å². The second kappa shape index (κ2) is 6.67. The Balaban J connectivity index is 1.85. The summed E-state index contributed by atoms with van der Waals surface area (Å²) in [5.41, 5.74) is 1.00. The lowest BCUT2D eigenvalue weighted by Gasteiger charge is -2.30. The molecule has 0 saturated carbocycles. The minimum absolute atomic E-state index is 0.0957. The fourth-order valence-electron chi connectivity index (χ4n) is 3.00. The zero-order valence-electron chi connectivity index (χ0n) is 12.6. The number of esters is 1. The van der Waals surface area contributed by atoms with E-state index in [1.165, 1.54) is 15.6 Å². The van der Waals surface area contributed by atoms with Crippen LogP contribution in [0.25, 0.3) is 0 Å². The number of nitrogens with zero attached hydrogens (tertiary/aromatic N) is 2. The maximum Gasteiger partial charge on any atom is 0.315 e. The molecule has 6 heteroatoms. The molecule has 1 aromatic heterocycles. The monoisotopic (exact) mass is 326 g/mol. The van der Waals surface area contributed by atoms with Crippen molar-refractivity contribution in [3.63, 3.8) is 0 Å². The van der Waals surface area contributed by atoms with Crippen molar-refractivity contribution < 1.29 is 9.53 Å². The first kappa shape index (κ1) is 15.3. The SMILES string of the molecule is CCOC(=O)C1CCCc2sc(C3CSCCN3C)nc21. The zero-order valence-corrected chi connectivity index (χ0v) is 14.3. The lowest BCUT2D eigenvalue weighted by atomic mass is 9.91. The number of aromatic nitrogens is 1. The fourth-order valence-corrected chi connectivity index (χ4v) is 5.66. The largest absolute Gasteiger partial charge is 0.465 e. The molecular formula is C15H22N2O2S2. The lowest BCUT2D eigenvalue weighted by molar-refractivity contribution is -0.145. The molecule has 4 nitrogen and oxygen atoms in total. The van der Waals surface area contributed by atoms with Crippen molar-refractivity contribution in [2.24, 2.45) is 0 Å². The van der Waals surface area contributed by atoms with Crippen LogP contribution in [0.1, 0.15) is 47.3 Å². The number of carbonyl (C=O) groups is 1. The van der Waals surface area contributed by atoms with Crippen LogP contribution in [0.5, 0.6) is 0 Å². The molecule has 21 heavy (non-hydrogen) atoms. The molecule has 0 radical (unpaired) electrons. The summed E-state index contributed by atoms with van der Waals surface area (Å²) in [6, 6.07) is 0.405. The van der Waals surface area contributed by atoms with Crippen LogP contribution in [-0.4, -0.2) is 47.6 Å². The molecular weight excluding hydrogens is 304 g/mol. The van der Waals surface area contributed by atoms with Gasteiger partial charge in [0.25, 0.3) is 0 Å². The van der Waals surface area contributed by atoms with E-state index in [1.807, 2.05) is 30.0 Å². The number of thiazole rings is 1. The van der Waals surface area contributed by atoms with E-state index in [2.05, 4.69) is 11.9 Å². The van der Waals surface area contributed by atoms with Gasteiger partial charge in [-0.2, -0.15) is 11.8 Å². The quantitative estimate of drug-likeness (QED) is 0.799. The third-order valence-corrected chi connectivity index (χ3v) is 6.48. The minimum Gasteiger partial charge on any atom is -0.465 e. The van der Waals surface area contributed by atoms with Crippen LogP contribution in [0.3, 0.4) is 0 Å². The Bertz CT molecular complexity index is 518. The predicted molar refractivity (Wildman–Crippen MR) is 87.1 cm³/mol.